The summed E-state index contributed by atoms with van der Waals surface area (Å²) < 4.78 is 22.6. The number of hydrogen-bond acceptors (Lipinski definition) is 12. The molecule has 478 valence electrons. The summed E-state index contributed by atoms with van der Waals surface area (Å²) in [5.41, 5.74) is 5.28. The fraction of sp³-hybridized carbons (Fsp3) is 0.417. The van der Waals surface area contributed by atoms with E-state index in [1.54, 1.807) is 0 Å². The molecule has 6 N–H and O–H groups in total. The summed E-state index contributed by atoms with van der Waals surface area (Å²) in [7, 11) is 0. The van der Waals surface area contributed by atoms with Crippen LogP contribution in [0.1, 0.15) is 124 Å². The molecule has 6 amide bonds. The first-order valence-corrected chi connectivity index (χ1v) is 31.6. The Morgan fingerprint density at radius 1 is 0.478 bits per heavy atom. The van der Waals surface area contributed by atoms with Gasteiger partial charge in [0, 0.05) is 82.7 Å². The van der Waals surface area contributed by atoms with Crippen molar-refractivity contribution in [1.29, 1.82) is 0 Å². The number of carbonyl (C=O) groups is 6. The zero-order valence-electron chi connectivity index (χ0n) is 52.7. The zero-order valence-corrected chi connectivity index (χ0v) is 52.7. The lowest BCUT2D eigenvalue weighted by Crippen LogP contribution is -2.50. The van der Waals surface area contributed by atoms with E-state index >= 15 is 0 Å². The summed E-state index contributed by atoms with van der Waals surface area (Å²) >= 11 is 0. The van der Waals surface area contributed by atoms with Gasteiger partial charge in [-0.15, -0.1) is 0 Å². The number of carbonyl (C=O) groups excluding carboxylic acids is 6. The highest BCUT2D eigenvalue weighted by Gasteiger charge is 2.36. The monoisotopic (exact) mass is 1230 g/mol. The van der Waals surface area contributed by atoms with Gasteiger partial charge in [-0.2, -0.15) is 0 Å². The molecule has 0 spiro atoms. The maximum absolute atomic E-state index is 14.8. The molecule has 6 aromatic rings. The van der Waals surface area contributed by atoms with Gasteiger partial charge in [0.1, 0.15) is 24.4 Å². The molecule has 8 rings (SSSR count). The Hall–Kier alpha value is -8.74. The number of amides is 6. The Kier molecular flexibility index (Phi) is 25.2. The lowest BCUT2D eigenvalue weighted by Gasteiger charge is -2.30. The molecule has 2 aliphatic heterocycles. The van der Waals surface area contributed by atoms with Crippen molar-refractivity contribution >= 4 is 36.2 Å². The lowest BCUT2D eigenvalue weighted by molar-refractivity contribution is -0.133. The summed E-state index contributed by atoms with van der Waals surface area (Å²) in [6.07, 6.45) is 1.16. The maximum atomic E-state index is 14.8. The van der Waals surface area contributed by atoms with E-state index in [4.69, 9.17) is 18.9 Å². The molecule has 0 radical (unpaired) electrons. The van der Waals surface area contributed by atoms with Crippen molar-refractivity contribution in [2.24, 2.45) is 0 Å². The molecule has 2 fully saturated rings. The molecule has 18 nitrogen and oxygen atoms in total. The van der Waals surface area contributed by atoms with Crippen LogP contribution in [0.4, 0.5) is 19.2 Å². The fourth-order valence-corrected chi connectivity index (χ4v) is 11.6. The first-order chi connectivity index (χ1) is 43.4. The molecule has 0 aliphatic carbocycles. The molecule has 0 saturated carbocycles. The second-order valence-corrected chi connectivity index (χ2v) is 24.9. The molecule has 2 saturated heterocycles. The topological polar surface area (TPSA) is 218 Å². The average Bonchev–Trinajstić information content (AvgIpc) is 1.91. The van der Waals surface area contributed by atoms with Crippen LogP contribution in [0.3, 0.4) is 0 Å². The standard InChI is InChI=1S/C72H90N8O10/c1-71(2,3)89-69(85)75-46-59-39-43-80(66(82)64(77-59)37-23-41-74-68(84)88-51-53-26-13-7-14-27-53)49-62(57-33-19-10-20-34-57)58-35-21-28-54(44-58)45-72(4,5)90-70(86)76-47-60-38-42-79(48-61(55-29-15-8-16-30-55)56-31-17-9-18-32-56)65(81)63(78-60)36-22-40-73-67(83)87-50-52-24-11-6-12-25-52/h6-21,24-35,44,59-64,77-78H,22-23,36-43,45-51H2,1-5H3,(H,73,83)(H,74,84)(H,75,85)(H,76,86)/t59-,60?,62?,63+,64+/m1/s1. The number of alkyl carbamates (subject to hydrolysis) is 4. The van der Waals surface area contributed by atoms with Crippen LogP contribution in [-0.2, 0) is 48.2 Å². The largest absolute Gasteiger partial charge is 0.445 e. The zero-order chi connectivity index (χ0) is 63.7. The number of rotatable bonds is 27. The van der Waals surface area contributed by atoms with Crippen LogP contribution in [0.2, 0.25) is 0 Å². The summed E-state index contributed by atoms with van der Waals surface area (Å²) in [4.78, 5) is 85.3. The Bertz CT molecular complexity index is 3170. The number of nitrogens with zero attached hydrogens (tertiary/aromatic N) is 2. The van der Waals surface area contributed by atoms with Gasteiger partial charge in [0.2, 0.25) is 11.8 Å². The van der Waals surface area contributed by atoms with E-state index in [0.29, 0.717) is 84.2 Å². The summed E-state index contributed by atoms with van der Waals surface area (Å²) in [6.45, 7) is 12.2. The highest BCUT2D eigenvalue weighted by atomic mass is 16.6. The highest BCUT2D eigenvalue weighted by molar-refractivity contribution is 5.83. The Morgan fingerprint density at radius 3 is 1.28 bits per heavy atom. The van der Waals surface area contributed by atoms with E-state index in [1.807, 2.05) is 172 Å². The molecule has 2 heterocycles. The van der Waals surface area contributed by atoms with Crippen LogP contribution in [0.5, 0.6) is 0 Å². The van der Waals surface area contributed by atoms with Crippen LogP contribution in [-0.4, -0.2) is 134 Å². The SMILES string of the molecule is CC(C)(C)OC(=O)NC[C@H]1CCN(CC(c2ccccc2)c2cccc(CC(C)(C)OC(=O)NCC3CCN(CC(c4ccccc4)c4ccccc4)C(=O)[C@H](CCCNC(=O)OCc4ccccc4)N3)c2)C(=O)[C@H](CCCNC(=O)OCc2ccccc2)N1. The van der Waals surface area contributed by atoms with Gasteiger partial charge in [-0.05, 0) is 112 Å². The van der Waals surface area contributed by atoms with E-state index in [-0.39, 0.29) is 62.0 Å². The maximum Gasteiger partial charge on any atom is 0.407 e. The third-order valence-electron chi connectivity index (χ3n) is 16.0. The fourth-order valence-electron chi connectivity index (χ4n) is 11.6. The van der Waals surface area contributed by atoms with E-state index in [2.05, 4.69) is 80.4 Å². The third kappa shape index (κ3) is 22.1. The molecule has 0 bridgehead atoms. The second-order valence-electron chi connectivity index (χ2n) is 24.9. The molecular weight excluding hydrogens is 1140 g/mol. The smallest absolute Gasteiger partial charge is 0.407 e. The van der Waals surface area contributed by atoms with Crippen molar-refractivity contribution in [3.63, 3.8) is 0 Å². The van der Waals surface area contributed by atoms with Gasteiger partial charge < -0.3 is 60.6 Å². The molecule has 2 aliphatic rings. The summed E-state index contributed by atoms with van der Waals surface area (Å²) in [5.74, 6) is -0.432. The molecule has 90 heavy (non-hydrogen) atoms. The van der Waals surface area contributed by atoms with E-state index < -0.39 is 47.7 Å². The first-order valence-electron chi connectivity index (χ1n) is 31.6. The van der Waals surface area contributed by atoms with E-state index in [1.165, 1.54) is 0 Å². The van der Waals surface area contributed by atoms with Gasteiger partial charge in [0.25, 0.3) is 0 Å². The minimum Gasteiger partial charge on any atom is -0.445 e. The van der Waals surface area contributed by atoms with Crippen molar-refractivity contribution in [3.8, 4) is 0 Å². The summed E-state index contributed by atoms with van der Waals surface area (Å²) in [6, 6.07) is 55.9. The highest BCUT2D eigenvalue weighted by Crippen LogP contribution is 2.31. The predicted molar refractivity (Wildman–Crippen MR) is 348 cm³/mol. The Labute approximate surface area is 530 Å². The van der Waals surface area contributed by atoms with Crippen molar-refractivity contribution in [2.75, 3.05) is 52.4 Å². The van der Waals surface area contributed by atoms with Crippen molar-refractivity contribution in [1.82, 2.24) is 41.7 Å². The minimum atomic E-state index is -0.953. The molecule has 5 atom stereocenters. The predicted octanol–water partition coefficient (Wildman–Crippen LogP) is 10.8. The molecular formula is C72H90N8O10. The molecule has 2 unspecified atom stereocenters. The van der Waals surface area contributed by atoms with Crippen LogP contribution >= 0.6 is 0 Å². The van der Waals surface area contributed by atoms with Gasteiger partial charge in [0.15, 0.2) is 0 Å². The normalized spacial score (nSPS) is 17.5. The van der Waals surface area contributed by atoms with E-state index in [9.17, 15) is 28.8 Å². The van der Waals surface area contributed by atoms with Crippen molar-refractivity contribution in [2.45, 2.75) is 140 Å². The molecule has 6 aromatic carbocycles. The van der Waals surface area contributed by atoms with Crippen molar-refractivity contribution < 1.29 is 47.7 Å². The average molecular weight is 1230 g/mol. The van der Waals surface area contributed by atoms with Crippen molar-refractivity contribution in [3.05, 3.63) is 215 Å². The van der Waals surface area contributed by atoms with Gasteiger partial charge in [-0.1, -0.05) is 176 Å². The van der Waals surface area contributed by atoms with Gasteiger partial charge in [0.05, 0.1) is 12.1 Å². The third-order valence-corrected chi connectivity index (χ3v) is 16.0. The van der Waals surface area contributed by atoms with Gasteiger partial charge >= 0.3 is 24.4 Å². The molecule has 18 heteroatoms. The minimum absolute atomic E-state index is 0.0422. The second kappa shape index (κ2) is 33.7. The Morgan fingerprint density at radius 2 is 0.856 bits per heavy atom. The van der Waals surface area contributed by atoms with Crippen LogP contribution in [0.15, 0.2) is 176 Å². The number of hydrogen-bond donors (Lipinski definition) is 6. The quantitative estimate of drug-likeness (QED) is 0.0210. The van der Waals surface area contributed by atoms with Crippen LogP contribution in [0, 0.1) is 0 Å². The number of nitrogens with one attached hydrogen (secondary N) is 6. The first kappa shape index (κ1) is 67.2. The molecule has 0 aromatic heterocycles. The summed E-state index contributed by atoms with van der Waals surface area (Å²) in [5, 5.41) is 18.7. The van der Waals surface area contributed by atoms with Gasteiger partial charge in [-0.25, -0.2) is 19.2 Å². The van der Waals surface area contributed by atoms with Crippen LogP contribution in [0.25, 0.3) is 0 Å². The lowest BCUT2D eigenvalue weighted by atomic mass is 9.88. The van der Waals surface area contributed by atoms with E-state index in [0.717, 1.165) is 38.9 Å². The number of ether oxygens (including phenoxy) is 4. The number of benzene rings is 6. The van der Waals surface area contributed by atoms with Crippen LogP contribution < -0.4 is 31.9 Å². The Balaban J connectivity index is 0.904. The van der Waals surface area contributed by atoms with Gasteiger partial charge in [-0.3, -0.25) is 9.59 Å².